The summed E-state index contributed by atoms with van der Waals surface area (Å²) >= 11 is 1.69. The maximum atomic E-state index is 12.0. The number of nitrogens with zero attached hydrogens (tertiary/aromatic N) is 1. The summed E-state index contributed by atoms with van der Waals surface area (Å²) in [4.78, 5) is 19.9. The fourth-order valence-electron chi connectivity index (χ4n) is 3.18. The molecule has 1 fully saturated rings. The van der Waals surface area contributed by atoms with E-state index in [0.29, 0.717) is 6.42 Å². The molecule has 0 bridgehead atoms. The van der Waals surface area contributed by atoms with Crippen molar-refractivity contribution in [3.05, 3.63) is 29.3 Å². The number of fused-ring (bicyclic) bond motifs is 1. The molecule has 1 aromatic carbocycles. The van der Waals surface area contributed by atoms with Crippen LogP contribution in [0.2, 0.25) is 0 Å². The first-order chi connectivity index (χ1) is 11.7. The Morgan fingerprint density at radius 2 is 2.04 bits per heavy atom. The Kier molecular flexibility index (Phi) is 6.18. The summed E-state index contributed by atoms with van der Waals surface area (Å²) in [6.07, 6.45) is 2.34. The molecule has 0 radical (unpaired) electrons. The number of aryl methyl sites for hydroxylation is 1. The summed E-state index contributed by atoms with van der Waals surface area (Å²) in [7, 11) is 2.27. The van der Waals surface area contributed by atoms with Crippen LogP contribution in [-0.2, 0) is 11.2 Å². The molecule has 0 spiro atoms. The Balaban J connectivity index is 1.31. The first kappa shape index (κ1) is 17.3. The van der Waals surface area contributed by atoms with Gasteiger partial charge in [0, 0.05) is 25.8 Å². The smallest absolute Gasteiger partial charge is 0.220 e. The van der Waals surface area contributed by atoms with Gasteiger partial charge in [-0.3, -0.25) is 4.79 Å². The number of amides is 1. The maximum Gasteiger partial charge on any atom is 0.220 e. The summed E-state index contributed by atoms with van der Waals surface area (Å²) < 4.78 is 1.20. The molecule has 0 saturated carbocycles. The third-order valence-electron chi connectivity index (χ3n) is 4.74. The van der Waals surface area contributed by atoms with Gasteiger partial charge in [0.25, 0.3) is 0 Å². The normalized spacial score (nSPS) is 21.0. The second-order valence-corrected chi connectivity index (χ2v) is 7.85. The van der Waals surface area contributed by atoms with Gasteiger partial charge in [-0.1, -0.05) is 12.1 Å². The minimum absolute atomic E-state index is 0.145. The molecule has 1 aliphatic heterocycles. The molecule has 6 heteroatoms. The van der Waals surface area contributed by atoms with E-state index in [0.717, 1.165) is 29.9 Å². The highest BCUT2D eigenvalue weighted by atomic mass is 32.1. The second-order valence-electron chi connectivity index (χ2n) is 6.74. The summed E-state index contributed by atoms with van der Waals surface area (Å²) in [5, 5.41) is 4.11. The van der Waals surface area contributed by atoms with Crippen LogP contribution in [0.4, 0.5) is 0 Å². The van der Waals surface area contributed by atoms with Gasteiger partial charge in [-0.2, -0.15) is 0 Å². The molecular weight excluding hydrogens is 320 g/mol. The van der Waals surface area contributed by atoms with E-state index in [1.54, 1.807) is 21.1 Å². The van der Waals surface area contributed by atoms with Gasteiger partial charge in [-0.25, -0.2) is 4.98 Å². The fraction of sp³-hybridized carbons (Fsp3) is 0.556. The highest BCUT2D eigenvalue weighted by molar-refractivity contribution is 7.18. The van der Waals surface area contributed by atoms with Crippen molar-refractivity contribution in [3.63, 3.8) is 0 Å². The number of benzene rings is 1. The molecule has 2 aromatic rings. The van der Waals surface area contributed by atoms with E-state index in [2.05, 4.69) is 23.4 Å². The fourth-order valence-corrected chi connectivity index (χ4v) is 4.15. The standard InChI is InChI=1S/C18H26N4OS/c1-21-11-13-22(14-12-21)10-4-9-19-17(23)7-8-18-20-15-5-2-3-6-16(15)24-18/h2-3,5-6H,4,7-14H2,1H3,(H,19,23)/p+2. The van der Waals surface area contributed by atoms with E-state index in [9.17, 15) is 4.79 Å². The molecule has 1 aromatic heterocycles. The number of hydrogen-bond donors (Lipinski definition) is 3. The minimum atomic E-state index is 0.145. The summed E-state index contributed by atoms with van der Waals surface area (Å²) in [6, 6.07) is 8.14. The van der Waals surface area contributed by atoms with Crippen molar-refractivity contribution in [1.29, 1.82) is 0 Å². The number of thiazole rings is 1. The maximum absolute atomic E-state index is 12.0. The molecule has 0 atom stereocenters. The number of likely N-dealkylation sites (N-methyl/N-ethyl adjacent to an activating group) is 1. The highest BCUT2D eigenvalue weighted by Crippen LogP contribution is 2.22. The first-order valence-corrected chi connectivity index (χ1v) is 9.78. The van der Waals surface area contributed by atoms with E-state index >= 15 is 0 Å². The van der Waals surface area contributed by atoms with E-state index in [4.69, 9.17) is 0 Å². The third-order valence-corrected chi connectivity index (χ3v) is 5.84. The lowest BCUT2D eigenvalue weighted by atomic mass is 10.2. The van der Waals surface area contributed by atoms with E-state index in [1.807, 2.05) is 18.2 Å². The molecule has 1 aliphatic rings. The van der Waals surface area contributed by atoms with Crippen molar-refractivity contribution in [2.24, 2.45) is 0 Å². The van der Waals surface area contributed by atoms with Crippen LogP contribution in [0.5, 0.6) is 0 Å². The van der Waals surface area contributed by atoms with Crippen molar-refractivity contribution in [3.8, 4) is 0 Å². The Bertz CT molecular complexity index is 631. The van der Waals surface area contributed by atoms with E-state index in [-0.39, 0.29) is 5.91 Å². The topological polar surface area (TPSA) is 50.9 Å². The molecule has 5 nitrogen and oxygen atoms in total. The Morgan fingerprint density at radius 1 is 1.25 bits per heavy atom. The quantitative estimate of drug-likeness (QED) is 0.571. The minimum Gasteiger partial charge on any atom is -0.356 e. The molecule has 3 N–H and O–H groups in total. The first-order valence-electron chi connectivity index (χ1n) is 8.97. The highest BCUT2D eigenvalue weighted by Gasteiger charge is 2.19. The molecular formula is C18H28N4OS+2. The predicted octanol–water partition coefficient (Wildman–Crippen LogP) is -0.852. The van der Waals surface area contributed by atoms with Crippen molar-refractivity contribution in [2.75, 3.05) is 46.3 Å². The zero-order valence-electron chi connectivity index (χ0n) is 14.4. The van der Waals surface area contributed by atoms with Crippen LogP contribution in [0.1, 0.15) is 17.8 Å². The number of rotatable bonds is 7. The monoisotopic (exact) mass is 348 g/mol. The summed E-state index contributed by atoms with van der Waals surface area (Å²) in [5.41, 5.74) is 1.04. The van der Waals surface area contributed by atoms with Crippen LogP contribution >= 0.6 is 11.3 Å². The van der Waals surface area contributed by atoms with Gasteiger partial charge in [0.05, 0.1) is 28.8 Å². The average Bonchev–Trinajstić information content (AvgIpc) is 3.01. The number of aromatic nitrogens is 1. The van der Waals surface area contributed by atoms with Gasteiger partial charge < -0.3 is 15.1 Å². The van der Waals surface area contributed by atoms with Crippen molar-refractivity contribution in [1.82, 2.24) is 10.3 Å². The average molecular weight is 349 g/mol. The number of carbonyl (C=O) groups is 1. The van der Waals surface area contributed by atoms with Gasteiger partial charge in [0.1, 0.15) is 26.2 Å². The number of hydrogen-bond acceptors (Lipinski definition) is 3. The molecule has 130 valence electrons. The lowest BCUT2D eigenvalue weighted by Gasteiger charge is -2.27. The van der Waals surface area contributed by atoms with Gasteiger partial charge in [-0.05, 0) is 12.1 Å². The SMILES string of the molecule is C[NH+]1CC[NH+](CCCNC(=O)CCc2nc3ccccc3s2)CC1. The van der Waals surface area contributed by atoms with Crippen molar-refractivity contribution >= 4 is 27.5 Å². The molecule has 1 amide bonds. The van der Waals surface area contributed by atoms with Crippen LogP contribution in [-0.4, -0.2) is 57.2 Å². The Morgan fingerprint density at radius 3 is 2.83 bits per heavy atom. The molecule has 0 unspecified atom stereocenters. The molecule has 24 heavy (non-hydrogen) atoms. The van der Waals surface area contributed by atoms with E-state index < -0.39 is 0 Å². The summed E-state index contributed by atoms with van der Waals surface area (Å²) in [6.45, 7) is 7.03. The molecule has 2 heterocycles. The van der Waals surface area contributed by atoms with Crippen LogP contribution in [0.25, 0.3) is 10.2 Å². The number of piperazine rings is 1. The second kappa shape index (κ2) is 8.55. The van der Waals surface area contributed by atoms with Crippen LogP contribution < -0.4 is 15.1 Å². The number of para-hydroxylation sites is 1. The Labute approximate surface area is 147 Å². The zero-order valence-corrected chi connectivity index (χ0v) is 15.3. The lowest BCUT2D eigenvalue weighted by Crippen LogP contribution is -3.27. The van der Waals surface area contributed by atoms with Crippen LogP contribution in [0.3, 0.4) is 0 Å². The number of quaternary nitrogens is 2. The van der Waals surface area contributed by atoms with Crippen LogP contribution in [0.15, 0.2) is 24.3 Å². The van der Waals surface area contributed by atoms with E-state index in [1.165, 1.54) is 37.4 Å². The van der Waals surface area contributed by atoms with Gasteiger partial charge in [0.2, 0.25) is 5.91 Å². The predicted molar refractivity (Wildman–Crippen MR) is 97.8 cm³/mol. The Hall–Kier alpha value is -1.50. The van der Waals surface area contributed by atoms with Crippen molar-refractivity contribution in [2.45, 2.75) is 19.3 Å². The summed E-state index contributed by atoms with van der Waals surface area (Å²) in [5.74, 6) is 0.145. The largest absolute Gasteiger partial charge is 0.356 e. The molecule has 0 aliphatic carbocycles. The number of nitrogens with one attached hydrogen (secondary N) is 3. The van der Waals surface area contributed by atoms with Crippen molar-refractivity contribution < 1.29 is 14.6 Å². The van der Waals surface area contributed by atoms with Gasteiger partial charge in [-0.15, -0.1) is 11.3 Å². The molecule has 1 saturated heterocycles. The lowest BCUT2D eigenvalue weighted by molar-refractivity contribution is -1.00. The third kappa shape index (κ3) is 5.00. The molecule has 3 rings (SSSR count). The zero-order chi connectivity index (χ0) is 16.8. The number of carbonyl (C=O) groups excluding carboxylic acids is 1. The van der Waals surface area contributed by atoms with Crippen LogP contribution in [0, 0.1) is 0 Å². The van der Waals surface area contributed by atoms with Gasteiger partial charge >= 0.3 is 0 Å². The van der Waals surface area contributed by atoms with Gasteiger partial charge in [0.15, 0.2) is 0 Å².